The van der Waals surface area contributed by atoms with Gasteiger partial charge in [0, 0.05) is 31.4 Å². The van der Waals surface area contributed by atoms with Crippen LogP contribution in [0.4, 0.5) is 5.69 Å². The first-order valence-electron chi connectivity index (χ1n) is 7.84. The fraction of sp³-hybridized carbons (Fsp3) is 0.588. The van der Waals surface area contributed by atoms with Crippen molar-refractivity contribution in [3.8, 4) is 0 Å². The Morgan fingerprint density at radius 1 is 1.48 bits per heavy atom. The van der Waals surface area contributed by atoms with Crippen LogP contribution in [0.2, 0.25) is 0 Å². The fourth-order valence-electron chi connectivity index (χ4n) is 2.91. The maximum atomic E-state index is 11.5. The Labute approximate surface area is 127 Å². The molecule has 1 aliphatic heterocycles. The molecule has 116 valence electrons. The van der Waals surface area contributed by atoms with Gasteiger partial charge in [0.1, 0.15) is 0 Å². The van der Waals surface area contributed by atoms with Crippen LogP contribution in [0.25, 0.3) is 0 Å². The lowest BCUT2D eigenvalue weighted by atomic mass is 9.96. The predicted molar refractivity (Wildman–Crippen MR) is 87.3 cm³/mol. The molecule has 1 saturated heterocycles. The lowest BCUT2D eigenvalue weighted by molar-refractivity contribution is -0.122. The van der Waals surface area contributed by atoms with Crippen LogP contribution in [0.15, 0.2) is 18.2 Å². The van der Waals surface area contributed by atoms with E-state index < -0.39 is 0 Å². The van der Waals surface area contributed by atoms with Crippen LogP contribution in [0.3, 0.4) is 0 Å². The summed E-state index contributed by atoms with van der Waals surface area (Å²) in [7, 11) is 0. The monoisotopic (exact) mass is 289 g/mol. The third-order valence-corrected chi connectivity index (χ3v) is 4.10. The van der Waals surface area contributed by atoms with Crippen LogP contribution in [0.5, 0.6) is 0 Å². The Balaban J connectivity index is 2.19. The van der Waals surface area contributed by atoms with Crippen LogP contribution in [-0.2, 0) is 11.3 Å². The van der Waals surface area contributed by atoms with E-state index in [0.717, 1.165) is 32.5 Å². The molecule has 0 spiro atoms. The van der Waals surface area contributed by atoms with Crippen molar-refractivity contribution in [1.82, 2.24) is 5.32 Å². The van der Waals surface area contributed by atoms with Crippen LogP contribution in [0, 0.1) is 12.8 Å². The zero-order chi connectivity index (χ0) is 15.4. The Morgan fingerprint density at radius 3 is 2.90 bits per heavy atom. The van der Waals surface area contributed by atoms with Crippen molar-refractivity contribution in [2.24, 2.45) is 11.7 Å². The lowest BCUT2D eigenvalue weighted by Crippen LogP contribution is -2.41. The summed E-state index contributed by atoms with van der Waals surface area (Å²) in [4.78, 5) is 13.8. The minimum absolute atomic E-state index is 0.0223. The number of benzene rings is 1. The minimum atomic E-state index is -0.173. The zero-order valence-corrected chi connectivity index (χ0v) is 13.4. The Hall–Kier alpha value is -1.55. The maximum absolute atomic E-state index is 11.5. The van der Waals surface area contributed by atoms with E-state index in [1.54, 1.807) is 0 Å². The van der Waals surface area contributed by atoms with Crippen molar-refractivity contribution >= 4 is 11.6 Å². The minimum Gasteiger partial charge on any atom is -0.370 e. The average Bonchev–Trinajstić information content (AvgIpc) is 2.45. The van der Waals surface area contributed by atoms with E-state index in [9.17, 15) is 4.79 Å². The highest BCUT2D eigenvalue weighted by molar-refractivity contribution is 5.77. The summed E-state index contributed by atoms with van der Waals surface area (Å²) in [5, 5.41) is 3.48. The summed E-state index contributed by atoms with van der Waals surface area (Å²) in [5.74, 6) is -0.195. The molecule has 1 aromatic carbocycles. The Bertz CT molecular complexity index is 499. The van der Waals surface area contributed by atoms with Gasteiger partial charge in [-0.05, 0) is 31.4 Å². The average molecular weight is 289 g/mol. The van der Waals surface area contributed by atoms with E-state index in [-0.39, 0.29) is 11.8 Å². The van der Waals surface area contributed by atoms with Crippen LogP contribution >= 0.6 is 0 Å². The fourth-order valence-corrected chi connectivity index (χ4v) is 2.91. The highest BCUT2D eigenvalue weighted by Crippen LogP contribution is 2.27. The molecule has 21 heavy (non-hydrogen) atoms. The summed E-state index contributed by atoms with van der Waals surface area (Å²) >= 11 is 0. The number of piperidine rings is 1. The van der Waals surface area contributed by atoms with Crippen molar-refractivity contribution < 1.29 is 4.79 Å². The molecule has 0 aliphatic carbocycles. The predicted octanol–water partition coefficient (Wildman–Crippen LogP) is 2.19. The van der Waals surface area contributed by atoms with E-state index >= 15 is 0 Å². The highest BCUT2D eigenvalue weighted by Gasteiger charge is 2.25. The van der Waals surface area contributed by atoms with E-state index in [1.807, 2.05) is 0 Å². The second-order valence-corrected chi connectivity index (χ2v) is 6.36. The molecule has 0 bridgehead atoms. The number of aryl methyl sites for hydroxylation is 1. The maximum Gasteiger partial charge on any atom is 0.222 e. The molecule has 4 nitrogen and oxygen atoms in total. The molecule has 0 aromatic heterocycles. The van der Waals surface area contributed by atoms with Gasteiger partial charge in [0.05, 0.1) is 5.92 Å². The zero-order valence-electron chi connectivity index (χ0n) is 13.4. The van der Waals surface area contributed by atoms with Crippen LogP contribution in [0.1, 0.15) is 37.8 Å². The molecule has 1 aromatic rings. The van der Waals surface area contributed by atoms with Gasteiger partial charge < -0.3 is 16.0 Å². The van der Waals surface area contributed by atoms with E-state index in [1.165, 1.54) is 16.8 Å². The van der Waals surface area contributed by atoms with Gasteiger partial charge in [0.15, 0.2) is 0 Å². The second-order valence-electron chi connectivity index (χ2n) is 6.36. The first-order chi connectivity index (χ1) is 9.97. The van der Waals surface area contributed by atoms with Gasteiger partial charge in [-0.15, -0.1) is 0 Å². The molecule has 1 aliphatic rings. The van der Waals surface area contributed by atoms with Crippen LogP contribution < -0.4 is 16.0 Å². The number of carbonyl (C=O) groups excluding carboxylic acids is 1. The molecule has 0 saturated carbocycles. The van der Waals surface area contributed by atoms with Crippen LogP contribution in [-0.4, -0.2) is 25.0 Å². The number of amides is 1. The number of nitrogens with two attached hydrogens (primary N) is 1. The highest BCUT2D eigenvalue weighted by atomic mass is 16.1. The molecule has 1 amide bonds. The standard InChI is InChI=1S/C17H27N3O/c1-12(2)19-10-15-9-13(3)6-7-16(15)20-8-4-5-14(11-20)17(18)21/h6-7,9,12,14,19H,4-5,8,10-11H2,1-3H3,(H2,18,21). The van der Waals surface area contributed by atoms with Crippen molar-refractivity contribution in [2.75, 3.05) is 18.0 Å². The summed E-state index contributed by atoms with van der Waals surface area (Å²) in [6.45, 7) is 9.02. The normalized spacial score (nSPS) is 19.0. The number of hydrogen-bond acceptors (Lipinski definition) is 3. The number of nitrogens with zero attached hydrogens (tertiary/aromatic N) is 1. The first-order valence-corrected chi connectivity index (χ1v) is 7.84. The van der Waals surface area contributed by atoms with Crippen molar-refractivity contribution in [3.05, 3.63) is 29.3 Å². The van der Waals surface area contributed by atoms with Gasteiger partial charge in [-0.1, -0.05) is 31.5 Å². The molecule has 3 N–H and O–H groups in total. The summed E-state index contributed by atoms with van der Waals surface area (Å²) in [6, 6.07) is 7.01. The number of rotatable bonds is 5. The van der Waals surface area contributed by atoms with Crippen molar-refractivity contribution in [3.63, 3.8) is 0 Å². The van der Waals surface area contributed by atoms with Gasteiger partial charge in [0.25, 0.3) is 0 Å². The number of primary amides is 1. The summed E-state index contributed by atoms with van der Waals surface area (Å²) < 4.78 is 0. The second kappa shape index (κ2) is 6.94. The Morgan fingerprint density at radius 2 is 2.24 bits per heavy atom. The third-order valence-electron chi connectivity index (χ3n) is 4.10. The first kappa shape index (κ1) is 15.8. The largest absolute Gasteiger partial charge is 0.370 e. The third kappa shape index (κ3) is 4.21. The lowest BCUT2D eigenvalue weighted by Gasteiger charge is -2.34. The Kier molecular flexibility index (Phi) is 5.23. The van der Waals surface area contributed by atoms with Gasteiger partial charge in [0.2, 0.25) is 5.91 Å². The van der Waals surface area contributed by atoms with Gasteiger partial charge >= 0.3 is 0 Å². The van der Waals surface area contributed by atoms with E-state index in [4.69, 9.17) is 5.73 Å². The van der Waals surface area contributed by atoms with Gasteiger partial charge in [-0.2, -0.15) is 0 Å². The van der Waals surface area contributed by atoms with E-state index in [0.29, 0.717) is 6.04 Å². The molecule has 2 rings (SSSR count). The number of anilines is 1. The SMILES string of the molecule is Cc1ccc(N2CCCC(C(N)=O)C2)c(CNC(C)C)c1. The molecular weight excluding hydrogens is 262 g/mol. The van der Waals surface area contributed by atoms with Gasteiger partial charge in [-0.25, -0.2) is 0 Å². The quantitative estimate of drug-likeness (QED) is 0.873. The number of hydrogen-bond donors (Lipinski definition) is 2. The molecule has 4 heteroatoms. The molecule has 1 unspecified atom stereocenters. The van der Waals surface area contributed by atoms with Crippen molar-refractivity contribution in [2.45, 2.75) is 46.2 Å². The summed E-state index contributed by atoms with van der Waals surface area (Å²) in [5.41, 5.74) is 9.29. The molecule has 1 heterocycles. The number of nitrogens with one attached hydrogen (secondary N) is 1. The van der Waals surface area contributed by atoms with E-state index in [2.05, 4.69) is 49.2 Å². The van der Waals surface area contributed by atoms with Crippen molar-refractivity contribution in [1.29, 1.82) is 0 Å². The topological polar surface area (TPSA) is 58.4 Å². The molecular formula is C17H27N3O. The van der Waals surface area contributed by atoms with Gasteiger partial charge in [-0.3, -0.25) is 4.79 Å². The molecule has 1 atom stereocenters. The summed E-state index contributed by atoms with van der Waals surface area (Å²) in [6.07, 6.45) is 1.94. The molecule has 1 fully saturated rings. The molecule has 0 radical (unpaired) electrons. The number of carbonyl (C=O) groups is 1. The smallest absolute Gasteiger partial charge is 0.222 e.